The molecule has 8 heteroatoms. The highest BCUT2D eigenvalue weighted by Crippen LogP contribution is 2.30. The normalized spacial score (nSPS) is 16.4. The first-order valence-electron chi connectivity index (χ1n) is 12.1. The minimum Gasteiger partial charge on any atom is -0.481 e. The summed E-state index contributed by atoms with van der Waals surface area (Å²) in [5.41, 5.74) is 3.93. The average molecular weight is 508 g/mol. The second kappa shape index (κ2) is 11.0. The Morgan fingerprint density at radius 2 is 1.75 bits per heavy atom. The summed E-state index contributed by atoms with van der Waals surface area (Å²) in [5.74, 6) is 5.09. The quantitative estimate of drug-likeness (QED) is 0.288. The van der Waals surface area contributed by atoms with Gasteiger partial charge >= 0.3 is 11.9 Å². The molecule has 7 nitrogen and oxygen atoms in total. The molecule has 1 aromatic heterocycles. The van der Waals surface area contributed by atoms with E-state index < -0.39 is 22.1 Å². The van der Waals surface area contributed by atoms with Crippen LogP contribution in [0.3, 0.4) is 0 Å². The van der Waals surface area contributed by atoms with Crippen molar-refractivity contribution < 1.29 is 27.9 Å². The fourth-order valence-electron chi connectivity index (χ4n) is 4.34. The van der Waals surface area contributed by atoms with Crippen LogP contribution in [0.1, 0.15) is 61.6 Å². The Morgan fingerprint density at radius 1 is 1.03 bits per heavy atom. The molecule has 0 amide bonds. The average Bonchev–Trinajstić information content (AvgIpc) is 3.45. The first-order chi connectivity index (χ1) is 17.2. The lowest BCUT2D eigenvalue weighted by Gasteiger charge is -2.21. The Hall–Kier alpha value is -3.57. The van der Waals surface area contributed by atoms with Crippen molar-refractivity contribution in [1.29, 1.82) is 0 Å². The molecule has 0 saturated carbocycles. The number of aliphatic carboxylic acids is 1. The zero-order chi connectivity index (χ0) is 25.7. The van der Waals surface area contributed by atoms with Crippen LogP contribution in [0.5, 0.6) is 0 Å². The van der Waals surface area contributed by atoms with Crippen molar-refractivity contribution in [2.75, 3.05) is 0 Å². The number of carboxylic acids is 1. The van der Waals surface area contributed by atoms with Crippen molar-refractivity contribution in [2.24, 2.45) is 0 Å². The van der Waals surface area contributed by atoms with Crippen molar-refractivity contribution in [3.05, 3.63) is 76.6 Å². The van der Waals surface area contributed by atoms with E-state index in [9.17, 15) is 18.0 Å². The van der Waals surface area contributed by atoms with Crippen LogP contribution >= 0.6 is 0 Å². The number of carbonyl (C=O) groups excluding carboxylic acids is 1. The summed E-state index contributed by atoms with van der Waals surface area (Å²) < 4.78 is 33.4. The maximum absolute atomic E-state index is 13.2. The molecule has 2 aliphatic carbocycles. The molecule has 0 bridgehead atoms. The summed E-state index contributed by atoms with van der Waals surface area (Å²) in [5, 5.41) is 8.71. The summed E-state index contributed by atoms with van der Waals surface area (Å²) in [4.78, 5) is 23.4. The monoisotopic (exact) mass is 507 g/mol. The molecule has 0 radical (unpaired) electrons. The topological polar surface area (TPSA) is 103 Å². The van der Waals surface area contributed by atoms with E-state index in [1.165, 1.54) is 10.2 Å². The number of ether oxygens (including phenoxy) is 1. The van der Waals surface area contributed by atoms with Crippen LogP contribution in [-0.2, 0) is 30.8 Å². The molecule has 2 aromatic rings. The predicted octanol–water partition coefficient (Wildman–Crippen LogP) is 4.53. The van der Waals surface area contributed by atoms with Crippen LogP contribution in [0.15, 0.2) is 64.9 Å². The molecular formula is C28H29NO6S. The first kappa shape index (κ1) is 25.5. The highest BCUT2D eigenvalue weighted by Gasteiger charge is 2.28. The van der Waals surface area contributed by atoms with E-state index in [1.54, 1.807) is 30.5 Å². The van der Waals surface area contributed by atoms with Crippen molar-refractivity contribution in [3.63, 3.8) is 0 Å². The molecule has 1 N–H and O–H groups in total. The Bertz CT molecular complexity index is 1380. The van der Waals surface area contributed by atoms with Crippen LogP contribution in [0, 0.1) is 18.8 Å². The van der Waals surface area contributed by atoms with Gasteiger partial charge in [0.2, 0.25) is 0 Å². The molecule has 4 rings (SSSR count). The van der Waals surface area contributed by atoms with E-state index in [1.807, 2.05) is 19.1 Å². The summed E-state index contributed by atoms with van der Waals surface area (Å²) >= 11 is 0. The number of aromatic nitrogens is 1. The predicted molar refractivity (Wildman–Crippen MR) is 135 cm³/mol. The Morgan fingerprint density at radius 3 is 2.47 bits per heavy atom. The maximum Gasteiger partial charge on any atom is 0.306 e. The van der Waals surface area contributed by atoms with Crippen LogP contribution in [0.25, 0.3) is 0 Å². The molecule has 1 aromatic carbocycles. The van der Waals surface area contributed by atoms with E-state index in [-0.39, 0.29) is 23.7 Å². The number of allylic oxidation sites excluding steroid dienone is 2. The van der Waals surface area contributed by atoms with Crippen LogP contribution in [0.4, 0.5) is 0 Å². The molecule has 1 atom stereocenters. The van der Waals surface area contributed by atoms with E-state index in [4.69, 9.17) is 9.84 Å². The molecule has 0 fully saturated rings. The van der Waals surface area contributed by atoms with Crippen molar-refractivity contribution in [2.45, 2.75) is 69.3 Å². The number of carbonyl (C=O) groups is 2. The van der Waals surface area contributed by atoms with Gasteiger partial charge in [0.25, 0.3) is 10.0 Å². The van der Waals surface area contributed by atoms with Gasteiger partial charge in [0.15, 0.2) is 0 Å². The fraction of sp³-hybridized carbons (Fsp3) is 0.357. The lowest BCUT2D eigenvalue weighted by Crippen LogP contribution is -2.24. The van der Waals surface area contributed by atoms with E-state index >= 15 is 0 Å². The largest absolute Gasteiger partial charge is 0.481 e. The number of hydrogen-bond acceptors (Lipinski definition) is 5. The third-order valence-corrected chi connectivity index (χ3v) is 7.97. The van der Waals surface area contributed by atoms with Gasteiger partial charge in [-0.2, -0.15) is 0 Å². The summed E-state index contributed by atoms with van der Waals surface area (Å²) in [6, 6.07) is 6.68. The lowest BCUT2D eigenvalue weighted by atomic mass is 9.94. The van der Waals surface area contributed by atoms with Crippen LogP contribution < -0.4 is 0 Å². The van der Waals surface area contributed by atoms with Crippen LogP contribution in [-0.4, -0.2) is 35.5 Å². The number of nitrogens with zero attached hydrogens (tertiary/aromatic N) is 1. The fourth-order valence-corrected chi connectivity index (χ4v) is 5.58. The third kappa shape index (κ3) is 5.97. The lowest BCUT2D eigenvalue weighted by molar-refractivity contribution is -0.147. The standard InChI is InChI=1S/C28H29NO6S/c1-20-11-15-24(16-12-20)36(33,34)29-18-22-14-13-21-7-6-8-25(21)26(17-23(22)19-29)35-28(32)10-5-3-2-4-9-27(30)31/h7-8,11-12,15-16,18-19,26H,2-6,9-10,17H2,1H3,(H,30,31). The van der Waals surface area contributed by atoms with Gasteiger partial charge in [0, 0.05) is 48.4 Å². The van der Waals surface area contributed by atoms with Gasteiger partial charge in [0.05, 0.1) is 4.90 Å². The van der Waals surface area contributed by atoms with Crippen molar-refractivity contribution >= 4 is 22.0 Å². The smallest absolute Gasteiger partial charge is 0.306 e. The van der Waals surface area contributed by atoms with Gasteiger partial charge in [-0.15, -0.1) is 0 Å². The SMILES string of the molecule is Cc1ccc(S(=O)(=O)n2cc3c(c2)CC(OC(=O)CCCCCCC(=O)O)C2=CCC=C2C#C3)cc1. The third-order valence-electron chi connectivity index (χ3n) is 6.33. The Kier molecular flexibility index (Phi) is 7.80. The van der Waals surface area contributed by atoms with E-state index in [2.05, 4.69) is 11.8 Å². The molecule has 0 spiro atoms. The second-order valence-electron chi connectivity index (χ2n) is 9.10. The Balaban J connectivity index is 1.49. The number of benzene rings is 1. The summed E-state index contributed by atoms with van der Waals surface area (Å²) in [6.45, 7) is 1.90. The molecule has 2 aliphatic rings. The second-order valence-corrected chi connectivity index (χ2v) is 10.9. The van der Waals surface area contributed by atoms with Gasteiger partial charge in [-0.1, -0.05) is 54.5 Å². The van der Waals surface area contributed by atoms with Crippen LogP contribution in [0.2, 0.25) is 0 Å². The number of esters is 1. The minimum absolute atomic E-state index is 0.137. The Labute approximate surface area is 211 Å². The van der Waals surface area contributed by atoms with E-state index in [0.717, 1.165) is 29.6 Å². The molecule has 0 aliphatic heterocycles. The number of carboxylic acid groups (broad SMARTS) is 1. The van der Waals surface area contributed by atoms with E-state index in [0.29, 0.717) is 36.8 Å². The summed E-state index contributed by atoms with van der Waals surface area (Å²) in [7, 11) is -3.78. The molecule has 36 heavy (non-hydrogen) atoms. The highest BCUT2D eigenvalue weighted by molar-refractivity contribution is 7.90. The minimum atomic E-state index is -3.78. The molecule has 188 valence electrons. The molecule has 1 unspecified atom stereocenters. The molecule has 0 saturated heterocycles. The maximum atomic E-state index is 13.2. The highest BCUT2D eigenvalue weighted by atomic mass is 32.2. The zero-order valence-corrected chi connectivity index (χ0v) is 21.0. The van der Waals surface area contributed by atoms with Gasteiger partial charge in [-0.3, -0.25) is 9.59 Å². The number of fused-ring (bicyclic) bond motifs is 2. The zero-order valence-electron chi connectivity index (χ0n) is 20.2. The number of aryl methyl sites for hydroxylation is 1. The molecular weight excluding hydrogens is 478 g/mol. The number of unbranched alkanes of at least 4 members (excludes halogenated alkanes) is 3. The van der Waals surface area contributed by atoms with Gasteiger partial charge in [0.1, 0.15) is 6.10 Å². The first-order valence-corrected chi connectivity index (χ1v) is 13.5. The van der Waals surface area contributed by atoms with Gasteiger partial charge in [-0.25, -0.2) is 12.4 Å². The number of hydrogen-bond donors (Lipinski definition) is 1. The molecule has 1 heterocycles. The van der Waals surface area contributed by atoms with Crippen molar-refractivity contribution in [3.8, 4) is 11.8 Å². The summed E-state index contributed by atoms with van der Waals surface area (Å²) in [6.07, 6.45) is 10.7. The van der Waals surface area contributed by atoms with Gasteiger partial charge in [-0.05, 0) is 43.9 Å². The number of rotatable bonds is 10. The van der Waals surface area contributed by atoms with Crippen molar-refractivity contribution in [1.82, 2.24) is 3.97 Å². The van der Waals surface area contributed by atoms with Gasteiger partial charge < -0.3 is 9.84 Å².